The summed E-state index contributed by atoms with van der Waals surface area (Å²) in [6.45, 7) is 2.23. The first-order valence-corrected chi connectivity index (χ1v) is 8.45. The molecule has 132 valence electrons. The highest BCUT2D eigenvalue weighted by Crippen LogP contribution is 2.35. The fourth-order valence-electron chi connectivity index (χ4n) is 3.47. The zero-order valence-corrected chi connectivity index (χ0v) is 15.8. The molecule has 0 N–H and O–H groups in total. The van der Waals surface area contributed by atoms with E-state index in [1.54, 1.807) is 0 Å². The fourth-order valence-corrected chi connectivity index (χ4v) is 3.47. The largest absolute Gasteiger partial charge is 1.00 e. The minimum Gasteiger partial charge on any atom is -1.00 e. The molecule has 0 spiro atoms. The number of nitrogens with zero attached hydrogens (tertiary/aromatic N) is 1. The van der Waals surface area contributed by atoms with Crippen LogP contribution in [0.4, 0.5) is 4.39 Å². The van der Waals surface area contributed by atoms with Gasteiger partial charge in [-0.2, -0.15) is 0 Å². The molecule has 5 heteroatoms. The third-order valence-electron chi connectivity index (χ3n) is 4.82. The van der Waals surface area contributed by atoms with Gasteiger partial charge in [0.15, 0.2) is 17.2 Å². The average molecular weight is 406 g/mol. The maximum absolute atomic E-state index is 13.1. The Morgan fingerprint density at radius 2 is 1.68 bits per heavy atom. The number of rotatable bonds is 3. The molecule has 3 nitrogen and oxygen atoms in total. The molecule has 25 heavy (non-hydrogen) atoms. The lowest BCUT2D eigenvalue weighted by atomic mass is 9.92. The van der Waals surface area contributed by atoms with Gasteiger partial charge in [-0.15, -0.1) is 0 Å². The number of halogens is 2. The van der Waals surface area contributed by atoms with Gasteiger partial charge in [-0.05, 0) is 41.8 Å². The van der Waals surface area contributed by atoms with Crippen LogP contribution in [0.25, 0.3) is 0 Å². The molecular weight excluding hydrogens is 385 g/mol. The molecule has 2 aromatic rings. The van der Waals surface area contributed by atoms with Crippen molar-refractivity contribution in [3.05, 3.63) is 58.9 Å². The Balaban J connectivity index is 0.00000182. The van der Waals surface area contributed by atoms with Gasteiger partial charge in [-0.1, -0.05) is 12.1 Å². The third-order valence-corrected chi connectivity index (χ3v) is 4.82. The van der Waals surface area contributed by atoms with E-state index in [1.807, 2.05) is 12.1 Å². The van der Waals surface area contributed by atoms with E-state index in [4.69, 9.17) is 9.47 Å². The molecule has 2 aliphatic heterocycles. The third kappa shape index (κ3) is 3.71. The van der Waals surface area contributed by atoms with Crippen molar-refractivity contribution in [3.8, 4) is 11.5 Å². The number of hydrogen-bond acceptors (Lipinski definition) is 2. The van der Waals surface area contributed by atoms with Crippen LogP contribution in [0.1, 0.15) is 23.1 Å². The summed E-state index contributed by atoms with van der Waals surface area (Å²) in [5, 5.41) is 0. The Kier molecular flexibility index (Phi) is 5.42. The van der Waals surface area contributed by atoms with Crippen molar-refractivity contribution in [2.45, 2.75) is 19.3 Å². The van der Waals surface area contributed by atoms with E-state index in [1.165, 1.54) is 29.0 Å². The van der Waals surface area contributed by atoms with Gasteiger partial charge < -0.3 is 26.5 Å². The summed E-state index contributed by atoms with van der Waals surface area (Å²) in [5.74, 6) is 1.52. The van der Waals surface area contributed by atoms with Crippen molar-refractivity contribution < 1.29 is 35.4 Å². The maximum atomic E-state index is 13.1. The molecule has 0 saturated heterocycles. The van der Waals surface area contributed by atoms with Crippen LogP contribution in [0.15, 0.2) is 36.4 Å². The molecule has 0 fully saturated rings. The van der Waals surface area contributed by atoms with Crippen LogP contribution in [0.3, 0.4) is 0 Å². The van der Waals surface area contributed by atoms with Gasteiger partial charge in [0.05, 0.1) is 0 Å². The van der Waals surface area contributed by atoms with E-state index < -0.39 is 0 Å². The Hall–Kier alpha value is -1.88. The minimum absolute atomic E-state index is 0. The summed E-state index contributed by atoms with van der Waals surface area (Å²) in [5.41, 5.74) is 5.06. The molecule has 0 saturated carbocycles. The molecule has 0 aliphatic carbocycles. The van der Waals surface area contributed by atoms with Crippen molar-refractivity contribution >= 4 is 5.71 Å². The van der Waals surface area contributed by atoms with Gasteiger partial charge in [-0.25, -0.2) is 8.97 Å². The summed E-state index contributed by atoms with van der Waals surface area (Å²) in [6, 6.07) is 11.0. The highest BCUT2D eigenvalue weighted by molar-refractivity contribution is 5.99. The predicted octanol–water partition coefficient (Wildman–Crippen LogP) is 0.221. The first-order chi connectivity index (χ1) is 11.7. The molecule has 2 aliphatic rings. The first-order valence-electron chi connectivity index (χ1n) is 8.45. The second-order valence-corrected chi connectivity index (χ2v) is 6.40. The Morgan fingerprint density at radius 1 is 1.00 bits per heavy atom. The van der Waals surface area contributed by atoms with E-state index in [2.05, 4.69) is 23.8 Å². The molecule has 0 aromatic heterocycles. The quantitative estimate of drug-likeness (QED) is 0.681. The summed E-state index contributed by atoms with van der Waals surface area (Å²) in [4.78, 5) is 0. The van der Waals surface area contributed by atoms with E-state index in [9.17, 15) is 4.39 Å². The Labute approximate surface area is 157 Å². The number of benzene rings is 2. The minimum atomic E-state index is -0.185. The lowest BCUT2D eigenvalue weighted by Gasteiger charge is -2.23. The van der Waals surface area contributed by atoms with Gasteiger partial charge in [0.2, 0.25) is 0 Å². The lowest BCUT2D eigenvalue weighted by Crippen LogP contribution is -3.00. The maximum Gasteiger partial charge on any atom is 0.183 e. The van der Waals surface area contributed by atoms with Gasteiger partial charge in [-0.3, -0.25) is 0 Å². The van der Waals surface area contributed by atoms with Crippen LogP contribution in [-0.2, 0) is 12.8 Å². The zero-order valence-electron chi connectivity index (χ0n) is 14.2. The SMILES string of the molecule is C[N+]1=C(CCc2ccc(F)cc2)c2cc3c(cc2CC1)OCCO3.[Br-]. The highest BCUT2D eigenvalue weighted by atomic mass is 79.9. The zero-order chi connectivity index (χ0) is 16.5. The van der Waals surface area contributed by atoms with Gasteiger partial charge in [0, 0.05) is 18.4 Å². The van der Waals surface area contributed by atoms with Crippen LogP contribution in [0.5, 0.6) is 11.5 Å². The van der Waals surface area contributed by atoms with Crippen molar-refractivity contribution in [2.75, 3.05) is 26.8 Å². The van der Waals surface area contributed by atoms with E-state index in [0.717, 1.165) is 42.9 Å². The summed E-state index contributed by atoms with van der Waals surface area (Å²) in [7, 11) is 2.14. The van der Waals surface area contributed by atoms with Crippen LogP contribution in [0, 0.1) is 5.82 Å². The van der Waals surface area contributed by atoms with Crippen LogP contribution in [0.2, 0.25) is 0 Å². The number of ether oxygens (including phenoxy) is 2. The summed E-state index contributed by atoms with van der Waals surface area (Å²) >= 11 is 0. The number of aryl methyl sites for hydroxylation is 1. The van der Waals surface area contributed by atoms with Crippen LogP contribution < -0.4 is 26.5 Å². The topological polar surface area (TPSA) is 21.5 Å². The predicted molar refractivity (Wildman–Crippen MR) is 91.0 cm³/mol. The standard InChI is InChI=1S/C20H21FNO2.BrH/c1-22-9-8-15-12-19-20(24-11-10-23-19)13-17(15)18(22)7-4-14-2-5-16(21)6-3-14;/h2-3,5-6,12-13H,4,7-11H2,1H3;1H/q+1;/p-1. The smallest absolute Gasteiger partial charge is 0.183 e. The lowest BCUT2D eigenvalue weighted by molar-refractivity contribution is -0.499. The normalized spacial score (nSPS) is 15.4. The molecule has 0 radical (unpaired) electrons. The summed E-state index contributed by atoms with van der Waals surface area (Å²) in [6.07, 6.45) is 2.84. The van der Waals surface area contributed by atoms with Crippen LogP contribution in [-0.4, -0.2) is 37.1 Å². The van der Waals surface area contributed by atoms with Crippen molar-refractivity contribution in [1.29, 1.82) is 0 Å². The summed E-state index contributed by atoms with van der Waals surface area (Å²) < 4.78 is 26.8. The fraction of sp³-hybridized carbons (Fsp3) is 0.350. The second kappa shape index (κ2) is 7.56. The van der Waals surface area contributed by atoms with Crippen molar-refractivity contribution in [3.63, 3.8) is 0 Å². The molecule has 0 unspecified atom stereocenters. The molecular formula is C20H21BrFNO2. The van der Waals surface area contributed by atoms with Crippen molar-refractivity contribution in [2.24, 2.45) is 0 Å². The van der Waals surface area contributed by atoms with E-state index in [-0.39, 0.29) is 22.8 Å². The highest BCUT2D eigenvalue weighted by Gasteiger charge is 2.26. The average Bonchev–Trinajstić information content (AvgIpc) is 2.61. The monoisotopic (exact) mass is 405 g/mol. The first kappa shape index (κ1) is 17.9. The molecule has 4 rings (SSSR count). The van der Waals surface area contributed by atoms with Gasteiger partial charge in [0.1, 0.15) is 32.6 Å². The molecule has 0 atom stereocenters. The molecule has 0 bridgehead atoms. The molecule has 2 heterocycles. The van der Waals surface area contributed by atoms with Gasteiger partial charge >= 0.3 is 0 Å². The number of likely N-dealkylation sites (N-methyl/N-ethyl adjacent to an activating group) is 1. The van der Waals surface area contributed by atoms with Crippen LogP contribution >= 0.6 is 0 Å². The molecule has 0 amide bonds. The number of fused-ring (bicyclic) bond motifs is 2. The second-order valence-electron chi connectivity index (χ2n) is 6.40. The van der Waals surface area contributed by atoms with E-state index in [0.29, 0.717) is 13.2 Å². The number of hydrogen-bond donors (Lipinski definition) is 0. The van der Waals surface area contributed by atoms with Gasteiger partial charge in [0.25, 0.3) is 0 Å². The van der Waals surface area contributed by atoms with E-state index >= 15 is 0 Å². The van der Waals surface area contributed by atoms with Crippen molar-refractivity contribution in [1.82, 2.24) is 0 Å². The molecule has 2 aromatic carbocycles. The Morgan fingerprint density at radius 3 is 2.40 bits per heavy atom. The Bertz CT molecular complexity index is 802.